The van der Waals surface area contributed by atoms with Gasteiger partial charge >= 0.3 is 0 Å². The zero-order chi connectivity index (χ0) is 12.5. The van der Waals surface area contributed by atoms with Crippen molar-refractivity contribution in [3.63, 3.8) is 0 Å². The van der Waals surface area contributed by atoms with Gasteiger partial charge in [0.2, 0.25) is 0 Å². The second-order valence-corrected chi connectivity index (χ2v) is 4.12. The van der Waals surface area contributed by atoms with Crippen LogP contribution in [-0.4, -0.2) is 79.8 Å². The third-order valence-corrected chi connectivity index (χ3v) is 3.04. The van der Waals surface area contributed by atoms with Crippen LogP contribution in [-0.2, 0) is 0 Å². The fraction of sp³-hybridized carbons (Fsp3) is 0.875. The molecule has 1 aliphatic heterocycles. The molecule has 0 aromatic rings. The van der Waals surface area contributed by atoms with E-state index in [1.807, 2.05) is 0 Å². The van der Waals surface area contributed by atoms with Crippen LogP contribution in [0.3, 0.4) is 0 Å². The lowest BCUT2D eigenvalue weighted by Crippen LogP contribution is -2.68. The van der Waals surface area contributed by atoms with Crippen LogP contribution in [0.5, 0.6) is 0 Å². The Hall–Kier alpha value is -0.510. The first kappa shape index (κ1) is 13.6. The minimum Gasteiger partial charge on any atom is -0.394 e. The molecule has 1 rings (SSSR count). The number of nitrogens with zero attached hydrogens (tertiary/aromatic N) is 1. The molecule has 5 atom stereocenters. The summed E-state index contributed by atoms with van der Waals surface area (Å²) >= 11 is 4.87. The largest absolute Gasteiger partial charge is 0.394 e. The highest BCUT2D eigenvalue weighted by Crippen LogP contribution is 2.15. The first-order valence-corrected chi connectivity index (χ1v) is 5.17. The maximum absolute atomic E-state index is 9.67. The highest BCUT2D eigenvalue weighted by atomic mass is 32.1. The van der Waals surface area contributed by atoms with E-state index >= 15 is 0 Å². The lowest BCUT2D eigenvalue weighted by molar-refractivity contribution is -0.116. The summed E-state index contributed by atoms with van der Waals surface area (Å²) in [7, 11) is 1.48. The molecule has 6 N–H and O–H groups in total. The molecule has 0 aromatic heterocycles. The Bertz CT molecular complexity index is 263. The predicted octanol–water partition coefficient (Wildman–Crippen LogP) is -3.43. The van der Waals surface area contributed by atoms with E-state index in [0.717, 1.165) is 0 Å². The van der Waals surface area contributed by atoms with Crippen LogP contribution >= 0.6 is 12.2 Å². The molecule has 0 saturated carbocycles. The molecular formula is C8H16N2O5S. The Morgan fingerprint density at radius 3 is 2.50 bits per heavy atom. The fourth-order valence-electron chi connectivity index (χ4n) is 1.50. The standard InChI is InChI=1S/C8H16N2O5S/c1-10-7(15)6(14)4(9-8(10)16)5(13)3(12)2-11/h3-7,11-15H,2H2,1H3,(H,9,16)/t3?,4-,5?,6+,7+/m0/s1. The van der Waals surface area contributed by atoms with Crippen LogP contribution in [0, 0.1) is 0 Å². The van der Waals surface area contributed by atoms with Crippen LogP contribution < -0.4 is 5.32 Å². The summed E-state index contributed by atoms with van der Waals surface area (Å²) < 4.78 is 0. The maximum Gasteiger partial charge on any atom is 0.171 e. The van der Waals surface area contributed by atoms with Gasteiger partial charge in [0, 0.05) is 7.05 Å². The van der Waals surface area contributed by atoms with Gasteiger partial charge in [0.1, 0.15) is 18.3 Å². The van der Waals surface area contributed by atoms with E-state index in [0.29, 0.717) is 0 Å². The Labute approximate surface area is 97.9 Å². The molecule has 16 heavy (non-hydrogen) atoms. The molecule has 1 fully saturated rings. The van der Waals surface area contributed by atoms with Crippen molar-refractivity contribution in [3.8, 4) is 0 Å². The molecule has 2 unspecified atom stereocenters. The van der Waals surface area contributed by atoms with Crippen molar-refractivity contribution in [1.82, 2.24) is 10.2 Å². The van der Waals surface area contributed by atoms with Crippen molar-refractivity contribution in [3.05, 3.63) is 0 Å². The summed E-state index contributed by atoms with van der Waals surface area (Å²) in [6.45, 7) is -0.648. The second-order valence-electron chi connectivity index (χ2n) is 3.73. The molecule has 8 heteroatoms. The normalized spacial score (nSPS) is 34.5. The molecule has 0 aromatic carbocycles. The summed E-state index contributed by atoms with van der Waals surface area (Å²) in [6, 6.07) is -1.03. The van der Waals surface area contributed by atoms with E-state index in [9.17, 15) is 20.4 Å². The Morgan fingerprint density at radius 2 is 2.00 bits per heavy atom. The van der Waals surface area contributed by atoms with E-state index in [-0.39, 0.29) is 5.11 Å². The van der Waals surface area contributed by atoms with Gasteiger partial charge in [-0.2, -0.15) is 0 Å². The van der Waals surface area contributed by atoms with Crippen molar-refractivity contribution in [2.75, 3.05) is 13.7 Å². The first-order valence-electron chi connectivity index (χ1n) is 4.76. The Balaban J connectivity index is 2.77. The average Bonchev–Trinajstić information content (AvgIpc) is 2.29. The molecular weight excluding hydrogens is 236 g/mol. The van der Waals surface area contributed by atoms with Crippen LogP contribution in [0.4, 0.5) is 0 Å². The zero-order valence-corrected chi connectivity index (χ0v) is 9.50. The molecule has 7 nitrogen and oxygen atoms in total. The molecule has 0 amide bonds. The lowest BCUT2D eigenvalue weighted by atomic mass is 9.97. The number of thiocarbonyl (C=S) groups is 1. The lowest BCUT2D eigenvalue weighted by Gasteiger charge is -2.43. The van der Waals surface area contributed by atoms with Crippen molar-refractivity contribution in [2.45, 2.75) is 30.6 Å². The second kappa shape index (κ2) is 5.21. The highest BCUT2D eigenvalue weighted by Gasteiger charge is 2.41. The number of hydrogen-bond acceptors (Lipinski definition) is 6. The van der Waals surface area contributed by atoms with Gasteiger partial charge in [-0.15, -0.1) is 0 Å². The number of aliphatic hydroxyl groups is 5. The highest BCUT2D eigenvalue weighted by molar-refractivity contribution is 7.80. The van der Waals surface area contributed by atoms with Crippen molar-refractivity contribution < 1.29 is 25.5 Å². The fourth-order valence-corrected chi connectivity index (χ4v) is 1.74. The molecule has 0 bridgehead atoms. The monoisotopic (exact) mass is 252 g/mol. The van der Waals surface area contributed by atoms with Gasteiger partial charge in [-0.25, -0.2) is 0 Å². The van der Waals surface area contributed by atoms with Crippen LogP contribution in [0.1, 0.15) is 0 Å². The predicted molar refractivity (Wildman–Crippen MR) is 58.4 cm³/mol. The summed E-state index contributed by atoms with van der Waals surface area (Å²) in [5.41, 5.74) is 0. The minimum absolute atomic E-state index is 0.145. The van der Waals surface area contributed by atoms with Crippen molar-refractivity contribution in [1.29, 1.82) is 0 Å². The van der Waals surface area contributed by atoms with E-state index in [4.69, 9.17) is 17.3 Å². The summed E-state index contributed by atoms with van der Waals surface area (Å²) in [6.07, 6.45) is -5.43. The molecule has 1 saturated heterocycles. The van der Waals surface area contributed by atoms with Crippen LogP contribution in [0.25, 0.3) is 0 Å². The quantitative estimate of drug-likeness (QED) is 0.287. The maximum atomic E-state index is 9.67. The molecule has 94 valence electrons. The number of nitrogens with one attached hydrogen (secondary N) is 1. The SMILES string of the molecule is CN1C(=S)N[C@@H](C(O)C(O)CO)[C@@H](O)[C@H]1O. The van der Waals surface area contributed by atoms with Gasteiger partial charge in [0.25, 0.3) is 0 Å². The van der Waals surface area contributed by atoms with E-state index in [1.165, 1.54) is 11.9 Å². The average molecular weight is 252 g/mol. The van der Waals surface area contributed by atoms with Crippen LogP contribution in [0.2, 0.25) is 0 Å². The number of likely N-dealkylation sites (N-methyl/N-ethyl adjacent to an activating group) is 1. The van der Waals surface area contributed by atoms with Gasteiger partial charge in [0.15, 0.2) is 11.3 Å². The third kappa shape index (κ3) is 2.42. The Morgan fingerprint density at radius 1 is 1.44 bits per heavy atom. The zero-order valence-electron chi connectivity index (χ0n) is 8.69. The van der Waals surface area contributed by atoms with Crippen molar-refractivity contribution in [2.24, 2.45) is 0 Å². The van der Waals surface area contributed by atoms with Crippen molar-refractivity contribution >= 4 is 17.3 Å². The van der Waals surface area contributed by atoms with Gasteiger partial charge in [-0.3, -0.25) is 0 Å². The number of aliphatic hydroxyl groups excluding tert-OH is 5. The van der Waals surface area contributed by atoms with E-state index in [2.05, 4.69) is 5.32 Å². The van der Waals surface area contributed by atoms with Crippen LogP contribution in [0.15, 0.2) is 0 Å². The molecule has 0 radical (unpaired) electrons. The number of hydrogen-bond donors (Lipinski definition) is 6. The van der Waals surface area contributed by atoms with Gasteiger partial charge in [-0.1, -0.05) is 0 Å². The first-order chi connectivity index (χ1) is 7.40. The van der Waals surface area contributed by atoms with Gasteiger partial charge in [-0.05, 0) is 12.2 Å². The summed E-state index contributed by atoms with van der Waals surface area (Å²) in [5.74, 6) is 0. The molecule has 1 aliphatic rings. The minimum atomic E-state index is -1.43. The molecule has 0 spiro atoms. The summed E-state index contributed by atoms with van der Waals surface area (Å²) in [5, 5.41) is 49.5. The summed E-state index contributed by atoms with van der Waals surface area (Å²) in [4.78, 5) is 1.23. The molecule has 0 aliphatic carbocycles. The van der Waals surface area contributed by atoms with E-state index < -0.39 is 37.2 Å². The molecule has 1 heterocycles. The smallest absolute Gasteiger partial charge is 0.171 e. The van der Waals surface area contributed by atoms with Gasteiger partial charge < -0.3 is 35.7 Å². The van der Waals surface area contributed by atoms with Gasteiger partial charge in [0.05, 0.1) is 12.6 Å². The topological polar surface area (TPSA) is 116 Å². The number of rotatable bonds is 3. The van der Waals surface area contributed by atoms with E-state index in [1.54, 1.807) is 0 Å². The Kier molecular flexibility index (Phi) is 4.42. The third-order valence-electron chi connectivity index (χ3n) is 2.63.